The van der Waals surface area contributed by atoms with Crippen LogP contribution in [0.3, 0.4) is 0 Å². The highest BCUT2D eigenvalue weighted by Gasteiger charge is 2.24. The largest absolute Gasteiger partial charge is 0.479 e. The number of nitrogens with one attached hydrogen (secondary N) is 2. The molecule has 2 N–H and O–H groups in total. The molecule has 0 radical (unpaired) electrons. The number of aromatic nitrogens is 2. The number of hydrogen-bond donors (Lipinski definition) is 2. The SMILES string of the molecule is Cc1n[nH]c(C(Oc2ccccc2-c2ccc(CCNC(=O)OC(C)(C)C)cc2)c2ccccc2)c1C#N. The van der Waals surface area contributed by atoms with Crippen LogP contribution in [0.5, 0.6) is 5.75 Å². The molecule has 0 saturated carbocycles. The van der Waals surface area contributed by atoms with Gasteiger partial charge in [0.05, 0.1) is 11.4 Å². The summed E-state index contributed by atoms with van der Waals surface area (Å²) in [5, 5.41) is 19.8. The van der Waals surface area contributed by atoms with Crippen molar-refractivity contribution in [1.29, 1.82) is 5.26 Å². The van der Waals surface area contributed by atoms with Crippen molar-refractivity contribution in [3.63, 3.8) is 0 Å². The Kier molecular flexibility index (Phi) is 8.12. The number of hydrogen-bond acceptors (Lipinski definition) is 5. The second-order valence-corrected chi connectivity index (χ2v) is 9.99. The molecule has 0 fully saturated rings. The summed E-state index contributed by atoms with van der Waals surface area (Å²) < 4.78 is 11.9. The van der Waals surface area contributed by atoms with Crippen molar-refractivity contribution in [3.8, 4) is 22.9 Å². The van der Waals surface area contributed by atoms with Gasteiger partial charge in [0.25, 0.3) is 0 Å². The van der Waals surface area contributed by atoms with E-state index in [0.717, 1.165) is 22.3 Å². The lowest BCUT2D eigenvalue weighted by atomic mass is 10.0. The van der Waals surface area contributed by atoms with E-state index in [1.165, 1.54) is 0 Å². The van der Waals surface area contributed by atoms with E-state index in [9.17, 15) is 10.1 Å². The fourth-order valence-corrected chi connectivity index (χ4v) is 4.11. The first kappa shape index (κ1) is 26.5. The highest BCUT2D eigenvalue weighted by molar-refractivity contribution is 5.71. The molecular weight excluding hydrogens is 476 g/mol. The summed E-state index contributed by atoms with van der Waals surface area (Å²) >= 11 is 0. The number of benzene rings is 3. The van der Waals surface area contributed by atoms with Gasteiger partial charge in [-0.25, -0.2) is 4.79 Å². The Morgan fingerprint density at radius 2 is 1.71 bits per heavy atom. The van der Waals surface area contributed by atoms with Crippen molar-refractivity contribution in [2.75, 3.05) is 6.54 Å². The molecule has 194 valence electrons. The molecule has 0 aliphatic carbocycles. The molecule has 0 bridgehead atoms. The molecule has 7 heteroatoms. The van der Waals surface area contributed by atoms with E-state index in [1.807, 2.05) is 99.6 Å². The normalized spacial score (nSPS) is 11.9. The van der Waals surface area contributed by atoms with Crippen molar-refractivity contribution in [2.45, 2.75) is 45.8 Å². The summed E-state index contributed by atoms with van der Waals surface area (Å²) in [5.74, 6) is 0.692. The predicted octanol–water partition coefficient (Wildman–Crippen LogP) is 6.49. The molecule has 0 saturated heterocycles. The van der Waals surface area contributed by atoms with Crippen LogP contribution in [0.25, 0.3) is 11.1 Å². The second kappa shape index (κ2) is 11.7. The van der Waals surface area contributed by atoms with Crippen LogP contribution >= 0.6 is 0 Å². The van der Waals surface area contributed by atoms with Crippen molar-refractivity contribution < 1.29 is 14.3 Å². The molecule has 4 aromatic rings. The monoisotopic (exact) mass is 508 g/mol. The van der Waals surface area contributed by atoms with E-state index in [1.54, 1.807) is 6.92 Å². The molecule has 4 rings (SSSR count). The van der Waals surface area contributed by atoms with E-state index < -0.39 is 17.8 Å². The Morgan fingerprint density at radius 1 is 1.03 bits per heavy atom. The minimum Gasteiger partial charge on any atom is -0.479 e. The van der Waals surface area contributed by atoms with Crippen molar-refractivity contribution in [1.82, 2.24) is 15.5 Å². The van der Waals surface area contributed by atoms with Gasteiger partial charge in [-0.1, -0.05) is 72.8 Å². The Morgan fingerprint density at radius 3 is 2.39 bits per heavy atom. The number of aromatic amines is 1. The van der Waals surface area contributed by atoms with Crippen LogP contribution in [-0.4, -0.2) is 28.4 Å². The maximum absolute atomic E-state index is 11.9. The number of para-hydroxylation sites is 1. The molecule has 0 spiro atoms. The average molecular weight is 509 g/mol. The van der Waals surface area contributed by atoms with Gasteiger partial charge < -0.3 is 14.8 Å². The van der Waals surface area contributed by atoms with Crippen LogP contribution in [0.15, 0.2) is 78.9 Å². The van der Waals surface area contributed by atoms with E-state index in [2.05, 4.69) is 21.6 Å². The predicted molar refractivity (Wildman–Crippen MR) is 147 cm³/mol. The zero-order valence-corrected chi connectivity index (χ0v) is 22.1. The quantitative estimate of drug-likeness (QED) is 0.283. The van der Waals surface area contributed by atoms with Crippen molar-refractivity contribution in [2.24, 2.45) is 0 Å². The molecule has 1 atom stereocenters. The number of ether oxygens (including phenoxy) is 2. The number of nitrogens with zero attached hydrogens (tertiary/aromatic N) is 2. The van der Waals surface area contributed by atoms with Gasteiger partial charge in [-0.2, -0.15) is 10.4 Å². The fraction of sp³-hybridized carbons (Fsp3) is 0.258. The van der Waals surface area contributed by atoms with Crippen LogP contribution < -0.4 is 10.1 Å². The molecule has 7 nitrogen and oxygen atoms in total. The lowest BCUT2D eigenvalue weighted by molar-refractivity contribution is 0.0528. The van der Waals surface area contributed by atoms with Crippen LogP contribution in [0.4, 0.5) is 4.79 Å². The Hall–Kier alpha value is -4.57. The number of alkyl carbamates (subject to hydrolysis) is 1. The summed E-state index contributed by atoms with van der Waals surface area (Å²) in [6.07, 6.45) is -0.268. The van der Waals surface area contributed by atoms with Gasteiger partial charge in [0.15, 0.2) is 6.10 Å². The topological polar surface area (TPSA) is 100 Å². The summed E-state index contributed by atoms with van der Waals surface area (Å²) in [6, 6.07) is 28.1. The standard InChI is InChI=1S/C31H32N4O3/c1-21-26(20-32)28(35-34-21)29(24-10-6-5-7-11-24)37-27-13-9-8-12-25(27)23-16-14-22(15-17-23)18-19-33-30(36)38-31(2,3)4/h5-17,29H,18-19H2,1-4H3,(H,33,36)(H,34,35). The third-order valence-electron chi connectivity index (χ3n) is 5.93. The van der Waals surface area contributed by atoms with Gasteiger partial charge in [-0.15, -0.1) is 0 Å². The van der Waals surface area contributed by atoms with E-state index >= 15 is 0 Å². The van der Waals surface area contributed by atoms with E-state index in [0.29, 0.717) is 35.7 Å². The van der Waals surface area contributed by atoms with Gasteiger partial charge in [-0.3, -0.25) is 5.10 Å². The third kappa shape index (κ3) is 6.60. The molecule has 3 aromatic carbocycles. The molecule has 1 amide bonds. The lowest BCUT2D eigenvalue weighted by Crippen LogP contribution is -2.33. The number of amides is 1. The summed E-state index contributed by atoms with van der Waals surface area (Å²) in [7, 11) is 0. The molecule has 0 aliphatic heterocycles. The highest BCUT2D eigenvalue weighted by atomic mass is 16.6. The average Bonchev–Trinajstić information content (AvgIpc) is 3.27. The lowest BCUT2D eigenvalue weighted by Gasteiger charge is -2.21. The molecular formula is C31H32N4O3. The first-order valence-electron chi connectivity index (χ1n) is 12.6. The molecule has 1 unspecified atom stereocenters. The Labute approximate surface area is 223 Å². The van der Waals surface area contributed by atoms with E-state index in [4.69, 9.17) is 9.47 Å². The first-order valence-corrected chi connectivity index (χ1v) is 12.6. The second-order valence-electron chi connectivity index (χ2n) is 9.99. The summed E-state index contributed by atoms with van der Waals surface area (Å²) in [4.78, 5) is 11.9. The molecule has 0 aliphatic rings. The number of aryl methyl sites for hydroxylation is 1. The van der Waals surface area contributed by atoms with Gasteiger partial charge in [0, 0.05) is 12.1 Å². The van der Waals surface area contributed by atoms with Crippen LogP contribution in [0, 0.1) is 18.3 Å². The zero-order chi connectivity index (χ0) is 27.1. The number of carbonyl (C=O) groups excluding carboxylic acids is 1. The molecule has 1 heterocycles. The van der Waals surface area contributed by atoms with Gasteiger partial charge in [-0.05, 0) is 56.9 Å². The minimum atomic E-state index is -0.536. The smallest absolute Gasteiger partial charge is 0.407 e. The van der Waals surface area contributed by atoms with Gasteiger partial charge >= 0.3 is 6.09 Å². The highest BCUT2D eigenvalue weighted by Crippen LogP contribution is 2.36. The van der Waals surface area contributed by atoms with Gasteiger partial charge in [0.1, 0.15) is 23.0 Å². The fourth-order valence-electron chi connectivity index (χ4n) is 4.11. The molecule has 1 aromatic heterocycles. The van der Waals surface area contributed by atoms with Crippen LogP contribution in [0.2, 0.25) is 0 Å². The number of carbonyl (C=O) groups is 1. The van der Waals surface area contributed by atoms with Gasteiger partial charge in [0.2, 0.25) is 0 Å². The maximum atomic E-state index is 11.9. The maximum Gasteiger partial charge on any atom is 0.407 e. The van der Waals surface area contributed by atoms with Crippen molar-refractivity contribution in [3.05, 3.63) is 107 Å². The minimum absolute atomic E-state index is 0.416. The number of nitriles is 1. The number of H-pyrrole nitrogens is 1. The first-order chi connectivity index (χ1) is 18.2. The summed E-state index contributed by atoms with van der Waals surface area (Å²) in [5.41, 5.74) is 5.16. The Bertz CT molecular complexity index is 1410. The van der Waals surface area contributed by atoms with E-state index in [-0.39, 0.29) is 0 Å². The van der Waals surface area contributed by atoms with Crippen molar-refractivity contribution >= 4 is 6.09 Å². The summed E-state index contributed by atoms with van der Waals surface area (Å²) in [6.45, 7) is 7.81. The van der Waals surface area contributed by atoms with Crippen LogP contribution in [0.1, 0.15) is 55.0 Å². The van der Waals surface area contributed by atoms with Crippen LogP contribution in [-0.2, 0) is 11.2 Å². The number of rotatable bonds is 8. The zero-order valence-electron chi connectivity index (χ0n) is 22.1. The molecule has 38 heavy (non-hydrogen) atoms. The Balaban J connectivity index is 1.54. The third-order valence-corrected chi connectivity index (χ3v) is 5.93.